The summed E-state index contributed by atoms with van der Waals surface area (Å²) in [5.74, 6) is 0.0712. The molecular weight excluding hydrogens is 314 g/mol. The molecule has 2 aromatic rings. The van der Waals surface area contributed by atoms with Crippen LogP contribution in [0.5, 0.6) is 0 Å². The van der Waals surface area contributed by atoms with Crippen LogP contribution in [-0.2, 0) is 9.57 Å². The van der Waals surface area contributed by atoms with E-state index in [4.69, 9.17) is 21.2 Å². The first kappa shape index (κ1) is 14.7. The molecule has 23 heavy (non-hydrogen) atoms. The zero-order valence-corrected chi connectivity index (χ0v) is 13.1. The SMILES string of the molecule is O=C(c1ccc(Cl)cc1)[C@H]1[C@@H]2CCO[C@@H]2ON1c1ccccc1. The van der Waals surface area contributed by atoms with Crippen LogP contribution in [0.2, 0.25) is 5.02 Å². The maximum atomic E-state index is 13.1. The number of hydrogen-bond acceptors (Lipinski definition) is 4. The molecule has 0 aliphatic carbocycles. The smallest absolute Gasteiger partial charge is 0.189 e. The van der Waals surface area contributed by atoms with Gasteiger partial charge in [0.05, 0.1) is 12.3 Å². The Kier molecular flexibility index (Phi) is 3.81. The molecule has 0 N–H and O–H groups in total. The van der Waals surface area contributed by atoms with E-state index < -0.39 is 0 Å². The summed E-state index contributed by atoms with van der Waals surface area (Å²) in [5, 5.41) is 2.32. The fraction of sp³-hybridized carbons (Fsp3) is 0.278. The fourth-order valence-corrected chi connectivity index (χ4v) is 3.35. The van der Waals surface area contributed by atoms with Crippen LogP contribution >= 0.6 is 11.6 Å². The number of nitrogens with zero attached hydrogens (tertiary/aromatic N) is 1. The highest BCUT2D eigenvalue weighted by Gasteiger charge is 2.50. The summed E-state index contributed by atoms with van der Waals surface area (Å²) in [5.41, 5.74) is 1.49. The topological polar surface area (TPSA) is 38.8 Å². The van der Waals surface area contributed by atoms with Gasteiger partial charge in [-0.3, -0.25) is 4.79 Å². The number of halogens is 1. The molecule has 2 heterocycles. The molecule has 118 valence electrons. The van der Waals surface area contributed by atoms with Gasteiger partial charge in [-0.25, -0.2) is 9.90 Å². The summed E-state index contributed by atoms with van der Waals surface area (Å²) in [4.78, 5) is 19.0. The van der Waals surface area contributed by atoms with E-state index in [1.807, 2.05) is 30.3 Å². The molecular formula is C18H16ClNO3. The van der Waals surface area contributed by atoms with Crippen molar-refractivity contribution in [3.63, 3.8) is 0 Å². The lowest BCUT2D eigenvalue weighted by molar-refractivity contribution is -0.0999. The van der Waals surface area contributed by atoms with E-state index in [1.54, 1.807) is 29.3 Å². The Morgan fingerprint density at radius 3 is 2.57 bits per heavy atom. The summed E-state index contributed by atoms with van der Waals surface area (Å²) >= 11 is 5.92. The van der Waals surface area contributed by atoms with Crippen molar-refractivity contribution < 1.29 is 14.4 Å². The third-order valence-corrected chi connectivity index (χ3v) is 4.62. The lowest BCUT2D eigenvalue weighted by Gasteiger charge is -2.25. The maximum absolute atomic E-state index is 13.1. The standard InChI is InChI=1S/C18H16ClNO3/c19-13-8-6-12(7-9-13)17(21)16-15-10-11-22-18(15)23-20(16)14-4-2-1-3-5-14/h1-9,15-16,18H,10-11H2/t15-,16+,18+/m0/s1. The van der Waals surface area contributed by atoms with Crippen LogP contribution in [0.1, 0.15) is 16.8 Å². The number of ether oxygens (including phenoxy) is 1. The first-order valence-corrected chi connectivity index (χ1v) is 8.04. The van der Waals surface area contributed by atoms with Gasteiger partial charge in [0, 0.05) is 16.5 Å². The molecule has 0 unspecified atom stereocenters. The molecule has 0 saturated carbocycles. The monoisotopic (exact) mass is 329 g/mol. The van der Waals surface area contributed by atoms with Crippen molar-refractivity contribution in [1.29, 1.82) is 0 Å². The molecule has 0 bridgehead atoms. The summed E-state index contributed by atoms with van der Waals surface area (Å²) in [6.45, 7) is 0.627. The highest BCUT2D eigenvalue weighted by Crippen LogP contribution is 2.39. The number of anilines is 1. The van der Waals surface area contributed by atoms with Crippen LogP contribution < -0.4 is 5.06 Å². The van der Waals surface area contributed by atoms with Crippen molar-refractivity contribution in [2.45, 2.75) is 18.8 Å². The number of hydroxylamine groups is 1. The Hall–Kier alpha value is -1.88. The van der Waals surface area contributed by atoms with E-state index in [1.165, 1.54) is 0 Å². The normalized spacial score (nSPS) is 26.3. The zero-order valence-electron chi connectivity index (χ0n) is 12.4. The van der Waals surface area contributed by atoms with E-state index in [0.717, 1.165) is 12.1 Å². The molecule has 2 saturated heterocycles. The number of fused-ring (bicyclic) bond motifs is 1. The zero-order chi connectivity index (χ0) is 15.8. The molecule has 5 heteroatoms. The van der Waals surface area contributed by atoms with E-state index in [9.17, 15) is 4.79 Å². The number of rotatable bonds is 3. The lowest BCUT2D eigenvalue weighted by atomic mass is 9.91. The first-order valence-electron chi connectivity index (χ1n) is 7.66. The third kappa shape index (κ3) is 2.63. The average Bonchev–Trinajstić information content (AvgIpc) is 3.16. The van der Waals surface area contributed by atoms with Crippen molar-refractivity contribution in [3.05, 3.63) is 65.2 Å². The van der Waals surface area contributed by atoms with Crippen LogP contribution in [0.15, 0.2) is 54.6 Å². The van der Waals surface area contributed by atoms with Crippen molar-refractivity contribution in [2.75, 3.05) is 11.7 Å². The van der Waals surface area contributed by atoms with Crippen LogP contribution in [0, 0.1) is 5.92 Å². The van der Waals surface area contributed by atoms with E-state index in [-0.39, 0.29) is 24.0 Å². The molecule has 0 spiro atoms. The number of hydrogen-bond donors (Lipinski definition) is 0. The number of carbonyl (C=O) groups excluding carboxylic acids is 1. The summed E-state index contributed by atoms with van der Waals surface area (Å²) < 4.78 is 5.63. The summed E-state index contributed by atoms with van der Waals surface area (Å²) in [6.07, 6.45) is 0.467. The van der Waals surface area contributed by atoms with Gasteiger partial charge in [-0.2, -0.15) is 0 Å². The number of carbonyl (C=O) groups is 1. The summed E-state index contributed by atoms with van der Waals surface area (Å²) in [7, 11) is 0. The Morgan fingerprint density at radius 2 is 1.83 bits per heavy atom. The molecule has 0 radical (unpaired) electrons. The van der Waals surface area contributed by atoms with Gasteiger partial charge in [0.2, 0.25) is 0 Å². The molecule has 2 aliphatic heterocycles. The second-order valence-electron chi connectivity index (χ2n) is 5.77. The number of Topliss-reactive ketones (excluding diaryl/α,β-unsaturated/α-hetero) is 1. The number of ketones is 1. The maximum Gasteiger partial charge on any atom is 0.189 e. The molecule has 2 fully saturated rings. The van der Waals surface area contributed by atoms with Crippen LogP contribution in [-0.4, -0.2) is 24.7 Å². The van der Waals surface area contributed by atoms with Crippen molar-refractivity contribution in [2.24, 2.45) is 5.92 Å². The van der Waals surface area contributed by atoms with Gasteiger partial charge in [0.1, 0.15) is 6.04 Å². The molecule has 2 aromatic carbocycles. The minimum atomic E-state index is -0.383. The Morgan fingerprint density at radius 1 is 1.09 bits per heavy atom. The summed E-state index contributed by atoms with van der Waals surface area (Å²) in [6, 6.07) is 16.3. The van der Waals surface area contributed by atoms with Crippen molar-refractivity contribution >= 4 is 23.1 Å². The van der Waals surface area contributed by atoms with Gasteiger partial charge in [0.15, 0.2) is 12.1 Å². The second kappa shape index (κ2) is 5.96. The third-order valence-electron chi connectivity index (χ3n) is 4.37. The van der Waals surface area contributed by atoms with Crippen LogP contribution in [0.25, 0.3) is 0 Å². The van der Waals surface area contributed by atoms with E-state index >= 15 is 0 Å². The van der Waals surface area contributed by atoms with Crippen LogP contribution in [0.3, 0.4) is 0 Å². The van der Waals surface area contributed by atoms with Crippen molar-refractivity contribution in [1.82, 2.24) is 0 Å². The van der Waals surface area contributed by atoms with Gasteiger partial charge >= 0.3 is 0 Å². The Labute approximate surface area is 139 Å². The van der Waals surface area contributed by atoms with Gasteiger partial charge in [-0.05, 0) is 42.8 Å². The highest BCUT2D eigenvalue weighted by atomic mass is 35.5. The predicted molar refractivity (Wildman–Crippen MR) is 87.4 cm³/mol. The minimum absolute atomic E-state index is 0.0310. The molecule has 0 amide bonds. The van der Waals surface area contributed by atoms with E-state index in [0.29, 0.717) is 17.2 Å². The van der Waals surface area contributed by atoms with Crippen molar-refractivity contribution in [3.8, 4) is 0 Å². The molecule has 3 atom stereocenters. The number of benzene rings is 2. The fourth-order valence-electron chi connectivity index (χ4n) is 3.23. The molecule has 2 aliphatic rings. The first-order chi connectivity index (χ1) is 11.2. The average molecular weight is 330 g/mol. The second-order valence-corrected chi connectivity index (χ2v) is 6.21. The highest BCUT2D eigenvalue weighted by molar-refractivity contribution is 6.30. The Bertz CT molecular complexity index is 704. The van der Waals surface area contributed by atoms with Gasteiger partial charge < -0.3 is 4.74 Å². The quantitative estimate of drug-likeness (QED) is 0.805. The van der Waals surface area contributed by atoms with Crippen LogP contribution in [0.4, 0.5) is 5.69 Å². The van der Waals surface area contributed by atoms with E-state index in [2.05, 4.69) is 0 Å². The molecule has 4 rings (SSSR count). The largest absolute Gasteiger partial charge is 0.350 e. The van der Waals surface area contributed by atoms with Gasteiger partial charge in [-0.15, -0.1) is 0 Å². The molecule has 4 nitrogen and oxygen atoms in total. The van der Waals surface area contributed by atoms with Gasteiger partial charge in [-0.1, -0.05) is 29.8 Å². The number of para-hydroxylation sites is 1. The predicted octanol–water partition coefficient (Wildman–Crippen LogP) is 3.71. The minimum Gasteiger partial charge on any atom is -0.350 e. The lowest BCUT2D eigenvalue weighted by Crippen LogP contribution is -2.39. The Balaban J connectivity index is 1.69. The van der Waals surface area contributed by atoms with Gasteiger partial charge in [0.25, 0.3) is 0 Å². The molecule has 0 aromatic heterocycles.